The van der Waals surface area contributed by atoms with E-state index < -0.39 is 0 Å². The van der Waals surface area contributed by atoms with Gasteiger partial charge in [0.15, 0.2) is 5.82 Å². The number of carbonyl (C=O) groups is 2. The summed E-state index contributed by atoms with van der Waals surface area (Å²) >= 11 is 5.93. The van der Waals surface area contributed by atoms with E-state index in [2.05, 4.69) is 14.9 Å². The summed E-state index contributed by atoms with van der Waals surface area (Å²) in [4.78, 5) is 35.2. The summed E-state index contributed by atoms with van der Waals surface area (Å²) in [5.41, 5.74) is 0.427. The molecule has 2 amide bonds. The van der Waals surface area contributed by atoms with Gasteiger partial charge in [-0.25, -0.2) is 9.88 Å². The number of nitrogens with zero attached hydrogens (tertiary/aromatic N) is 4. The number of carbonyl (C=O) groups excluding carboxylic acids is 2. The fourth-order valence-electron chi connectivity index (χ4n) is 3.34. The van der Waals surface area contributed by atoms with E-state index in [0.717, 1.165) is 30.6 Å². The van der Waals surface area contributed by atoms with Crippen molar-refractivity contribution in [3.05, 3.63) is 11.5 Å². The van der Waals surface area contributed by atoms with Crippen LogP contribution in [0, 0.1) is 0 Å². The molecule has 1 aromatic rings. The van der Waals surface area contributed by atoms with Crippen molar-refractivity contribution in [2.45, 2.75) is 51.1 Å². The van der Waals surface area contributed by atoms with Gasteiger partial charge < -0.3 is 4.90 Å². The van der Waals surface area contributed by atoms with Gasteiger partial charge >= 0.3 is 0 Å². The van der Waals surface area contributed by atoms with Gasteiger partial charge in [-0.1, -0.05) is 19.8 Å². The summed E-state index contributed by atoms with van der Waals surface area (Å²) in [7, 11) is 0. The number of aromatic nitrogens is 2. The zero-order valence-corrected chi connectivity index (χ0v) is 12.6. The zero-order valence-electron chi connectivity index (χ0n) is 11.8. The molecule has 1 aliphatic carbocycles. The highest BCUT2D eigenvalue weighted by Crippen LogP contribution is 2.39. The van der Waals surface area contributed by atoms with Crippen LogP contribution in [0.25, 0.3) is 0 Å². The summed E-state index contributed by atoms with van der Waals surface area (Å²) in [6.07, 6.45) is 6.98. The largest absolute Gasteiger partial charge is 0.340 e. The molecule has 0 spiro atoms. The first-order valence-corrected chi connectivity index (χ1v) is 7.64. The van der Waals surface area contributed by atoms with Crippen LogP contribution >= 0.6 is 11.6 Å². The second-order valence-corrected chi connectivity index (χ2v) is 5.77. The molecule has 0 unspecified atom stereocenters. The molecular weight excluding hydrogens is 292 g/mol. The predicted molar refractivity (Wildman–Crippen MR) is 79.4 cm³/mol. The number of fused-ring (bicyclic) bond motifs is 1. The molecule has 0 aromatic carbocycles. The van der Waals surface area contributed by atoms with Crippen molar-refractivity contribution in [1.82, 2.24) is 9.97 Å². The van der Waals surface area contributed by atoms with Crippen LogP contribution in [-0.2, 0) is 9.59 Å². The molecule has 0 bridgehead atoms. The van der Waals surface area contributed by atoms with Gasteiger partial charge in [0, 0.05) is 6.04 Å². The van der Waals surface area contributed by atoms with Crippen LogP contribution in [0.15, 0.2) is 6.20 Å². The Morgan fingerprint density at radius 1 is 1.43 bits per heavy atom. The van der Waals surface area contributed by atoms with E-state index in [9.17, 15) is 9.59 Å². The molecule has 1 atom stereocenters. The Kier molecular flexibility index (Phi) is 3.80. The van der Waals surface area contributed by atoms with Crippen LogP contribution in [0.2, 0.25) is 5.28 Å². The molecule has 7 heteroatoms. The molecule has 6 nitrogen and oxygen atoms in total. The first-order valence-electron chi connectivity index (χ1n) is 7.26. The van der Waals surface area contributed by atoms with Crippen molar-refractivity contribution < 1.29 is 9.59 Å². The van der Waals surface area contributed by atoms with Crippen LogP contribution in [0.1, 0.15) is 39.0 Å². The van der Waals surface area contributed by atoms with Crippen molar-refractivity contribution in [3.63, 3.8) is 0 Å². The van der Waals surface area contributed by atoms with Crippen LogP contribution < -0.4 is 9.80 Å². The summed E-state index contributed by atoms with van der Waals surface area (Å²) < 4.78 is 0. The third-order valence-corrected chi connectivity index (χ3v) is 4.48. The number of hydrogen-bond donors (Lipinski definition) is 0. The predicted octanol–water partition coefficient (Wildman–Crippen LogP) is 2.16. The molecule has 0 N–H and O–H groups in total. The van der Waals surface area contributed by atoms with Gasteiger partial charge in [-0.3, -0.25) is 9.59 Å². The van der Waals surface area contributed by atoms with E-state index in [1.165, 1.54) is 6.20 Å². The standard InChI is InChI=1S/C14H17ClN4O2/c1-2-10-13(21)18(8-20)11-7-16-14(15)17-12(11)19(10)9-5-3-4-6-9/h7-10H,2-6H2,1H3/t10-/m1/s1. The second-order valence-electron chi connectivity index (χ2n) is 5.43. The molecule has 2 aliphatic rings. The topological polar surface area (TPSA) is 66.4 Å². The number of rotatable bonds is 3. The minimum atomic E-state index is -0.364. The van der Waals surface area contributed by atoms with E-state index in [4.69, 9.17) is 11.6 Å². The van der Waals surface area contributed by atoms with E-state index in [0.29, 0.717) is 24.3 Å². The molecule has 0 saturated heterocycles. The van der Waals surface area contributed by atoms with Gasteiger partial charge in [0.2, 0.25) is 11.7 Å². The maximum absolute atomic E-state index is 12.6. The van der Waals surface area contributed by atoms with E-state index in [-0.39, 0.29) is 23.3 Å². The Balaban J connectivity index is 2.13. The molecule has 2 heterocycles. The summed E-state index contributed by atoms with van der Waals surface area (Å²) in [6, 6.07) is -0.0887. The maximum atomic E-state index is 12.6. The Labute approximate surface area is 128 Å². The van der Waals surface area contributed by atoms with Gasteiger partial charge in [0.1, 0.15) is 11.7 Å². The minimum Gasteiger partial charge on any atom is -0.340 e. The Morgan fingerprint density at radius 2 is 2.14 bits per heavy atom. The third-order valence-electron chi connectivity index (χ3n) is 4.29. The monoisotopic (exact) mass is 308 g/mol. The minimum absolute atomic E-state index is 0.131. The lowest BCUT2D eigenvalue weighted by molar-refractivity contribution is -0.123. The second kappa shape index (κ2) is 5.60. The Morgan fingerprint density at radius 3 is 2.76 bits per heavy atom. The maximum Gasteiger partial charge on any atom is 0.256 e. The molecular formula is C14H17ClN4O2. The van der Waals surface area contributed by atoms with Crippen LogP contribution in [0.3, 0.4) is 0 Å². The molecule has 1 saturated carbocycles. The highest BCUT2D eigenvalue weighted by Gasteiger charge is 2.42. The number of halogens is 1. The Bertz CT molecular complexity index is 574. The molecule has 0 radical (unpaired) electrons. The lowest BCUT2D eigenvalue weighted by atomic mass is 10.0. The first kappa shape index (κ1) is 14.3. The average molecular weight is 309 g/mol. The summed E-state index contributed by atoms with van der Waals surface area (Å²) in [5.74, 6) is 0.387. The smallest absolute Gasteiger partial charge is 0.256 e. The highest BCUT2D eigenvalue weighted by atomic mass is 35.5. The van der Waals surface area contributed by atoms with Crippen molar-refractivity contribution in [2.75, 3.05) is 9.80 Å². The lowest BCUT2D eigenvalue weighted by Crippen LogP contribution is -2.56. The summed E-state index contributed by atoms with van der Waals surface area (Å²) in [5, 5.41) is 0.131. The van der Waals surface area contributed by atoms with Crippen LogP contribution in [0.5, 0.6) is 0 Å². The molecule has 1 aliphatic heterocycles. The van der Waals surface area contributed by atoms with Crippen molar-refractivity contribution in [3.8, 4) is 0 Å². The van der Waals surface area contributed by atoms with E-state index in [1.807, 2.05) is 6.92 Å². The van der Waals surface area contributed by atoms with Gasteiger partial charge in [0.25, 0.3) is 5.91 Å². The van der Waals surface area contributed by atoms with Crippen molar-refractivity contribution in [2.24, 2.45) is 0 Å². The molecule has 21 heavy (non-hydrogen) atoms. The zero-order chi connectivity index (χ0) is 15.0. The fraction of sp³-hybridized carbons (Fsp3) is 0.571. The van der Waals surface area contributed by atoms with E-state index in [1.54, 1.807) is 0 Å². The SMILES string of the molecule is CC[C@@H]1C(=O)N(C=O)c2cnc(Cl)nc2N1C1CCCC1. The number of imide groups is 1. The number of hydrogen-bond acceptors (Lipinski definition) is 5. The van der Waals surface area contributed by atoms with Crippen LogP contribution in [-0.4, -0.2) is 34.4 Å². The van der Waals surface area contributed by atoms with Crippen molar-refractivity contribution >= 4 is 35.4 Å². The number of anilines is 2. The van der Waals surface area contributed by atoms with Gasteiger partial charge in [0.05, 0.1) is 6.20 Å². The van der Waals surface area contributed by atoms with Gasteiger partial charge in [-0.05, 0) is 30.9 Å². The first-order chi connectivity index (χ1) is 10.2. The van der Waals surface area contributed by atoms with E-state index >= 15 is 0 Å². The highest BCUT2D eigenvalue weighted by molar-refractivity contribution is 6.28. The summed E-state index contributed by atoms with van der Waals surface area (Å²) in [6.45, 7) is 1.95. The number of amides is 2. The normalized spacial score (nSPS) is 22.6. The van der Waals surface area contributed by atoms with Gasteiger partial charge in [-0.2, -0.15) is 4.98 Å². The molecule has 1 fully saturated rings. The molecule has 112 valence electrons. The molecule has 1 aromatic heterocycles. The van der Waals surface area contributed by atoms with Crippen LogP contribution in [0.4, 0.5) is 11.5 Å². The Hall–Kier alpha value is -1.69. The van der Waals surface area contributed by atoms with Crippen molar-refractivity contribution in [1.29, 1.82) is 0 Å². The quantitative estimate of drug-likeness (QED) is 0.632. The van der Waals surface area contributed by atoms with Gasteiger partial charge in [-0.15, -0.1) is 0 Å². The molecule has 3 rings (SSSR count). The average Bonchev–Trinajstić information content (AvgIpc) is 3.00. The lowest BCUT2D eigenvalue weighted by Gasteiger charge is -2.42. The third kappa shape index (κ3) is 2.27. The fourth-order valence-corrected chi connectivity index (χ4v) is 3.47.